The lowest BCUT2D eigenvalue weighted by Gasteiger charge is -2.07. The molecule has 0 fully saturated rings. The van der Waals surface area contributed by atoms with Gasteiger partial charge in [0.1, 0.15) is 0 Å². The molecular formula is C20H21ClN6. The molecule has 0 aliphatic rings. The van der Waals surface area contributed by atoms with Gasteiger partial charge in [-0.2, -0.15) is 0 Å². The first-order valence-electron chi connectivity index (χ1n) is 9.06. The Morgan fingerprint density at radius 2 is 1.85 bits per heavy atom. The summed E-state index contributed by atoms with van der Waals surface area (Å²) in [5, 5.41) is 17.2. The van der Waals surface area contributed by atoms with Crippen LogP contribution in [0.5, 0.6) is 0 Å². The van der Waals surface area contributed by atoms with E-state index in [1.165, 1.54) is 16.5 Å². The molecule has 0 aliphatic heterocycles. The minimum Gasteiger partial charge on any atom is -0.349 e. The fourth-order valence-corrected chi connectivity index (χ4v) is 3.47. The summed E-state index contributed by atoms with van der Waals surface area (Å²) >= 11 is 6.36. The maximum absolute atomic E-state index is 6.36. The average molecular weight is 381 g/mol. The number of halogens is 1. The zero-order chi connectivity index (χ0) is 18.6. The van der Waals surface area contributed by atoms with Crippen LogP contribution in [0.4, 0.5) is 5.95 Å². The van der Waals surface area contributed by atoms with Gasteiger partial charge in [0.2, 0.25) is 5.95 Å². The number of benzene rings is 2. The first-order chi connectivity index (χ1) is 13.3. The van der Waals surface area contributed by atoms with Gasteiger partial charge in [-0.1, -0.05) is 60.0 Å². The molecule has 7 heteroatoms. The number of fused-ring (bicyclic) bond motifs is 1. The van der Waals surface area contributed by atoms with Gasteiger partial charge in [-0.15, -0.1) is 0 Å². The standard InChI is InChI=1S/C20H21ClN6/c1-2-11-27-20(23-24-25-27)22-12-16-14-26(19-10-6-4-8-17(16)19)13-15-7-3-5-9-18(15)21/h3-10,14H,2,11-13H2,1H3,(H,22,23,25). The molecule has 2 aromatic carbocycles. The molecule has 138 valence electrons. The number of hydrogen-bond donors (Lipinski definition) is 1. The van der Waals surface area contributed by atoms with Crippen molar-refractivity contribution in [3.05, 3.63) is 70.9 Å². The monoisotopic (exact) mass is 380 g/mol. The number of aryl methyl sites for hydroxylation is 1. The lowest BCUT2D eigenvalue weighted by molar-refractivity contribution is 0.582. The number of rotatable bonds is 7. The number of nitrogens with zero attached hydrogens (tertiary/aromatic N) is 5. The summed E-state index contributed by atoms with van der Waals surface area (Å²) in [6.07, 6.45) is 3.16. The van der Waals surface area contributed by atoms with Gasteiger partial charge in [0.15, 0.2) is 0 Å². The van der Waals surface area contributed by atoms with Crippen LogP contribution in [-0.4, -0.2) is 24.8 Å². The van der Waals surface area contributed by atoms with Crippen molar-refractivity contribution in [1.29, 1.82) is 0 Å². The second-order valence-corrected chi connectivity index (χ2v) is 6.88. The molecule has 2 heterocycles. The number of nitrogens with one attached hydrogen (secondary N) is 1. The van der Waals surface area contributed by atoms with Gasteiger partial charge < -0.3 is 9.88 Å². The molecule has 0 unspecified atom stereocenters. The molecule has 0 saturated carbocycles. The summed E-state index contributed by atoms with van der Waals surface area (Å²) in [5.74, 6) is 0.694. The highest BCUT2D eigenvalue weighted by molar-refractivity contribution is 6.31. The summed E-state index contributed by atoms with van der Waals surface area (Å²) in [7, 11) is 0. The van der Waals surface area contributed by atoms with Crippen molar-refractivity contribution in [3.63, 3.8) is 0 Å². The zero-order valence-electron chi connectivity index (χ0n) is 15.1. The molecule has 4 rings (SSSR count). The maximum atomic E-state index is 6.36. The third kappa shape index (κ3) is 3.66. The van der Waals surface area contributed by atoms with Crippen LogP contribution >= 0.6 is 11.6 Å². The van der Waals surface area contributed by atoms with Gasteiger partial charge >= 0.3 is 0 Å². The van der Waals surface area contributed by atoms with E-state index in [2.05, 4.69) is 68.9 Å². The predicted molar refractivity (Wildman–Crippen MR) is 108 cm³/mol. The highest BCUT2D eigenvalue weighted by atomic mass is 35.5. The van der Waals surface area contributed by atoms with E-state index in [1.54, 1.807) is 4.68 Å². The van der Waals surface area contributed by atoms with E-state index in [9.17, 15) is 0 Å². The van der Waals surface area contributed by atoms with Crippen molar-refractivity contribution < 1.29 is 0 Å². The Balaban J connectivity index is 1.62. The van der Waals surface area contributed by atoms with Gasteiger partial charge in [0.25, 0.3) is 0 Å². The summed E-state index contributed by atoms with van der Waals surface area (Å²) in [4.78, 5) is 0. The zero-order valence-corrected chi connectivity index (χ0v) is 15.9. The molecule has 0 amide bonds. The second kappa shape index (κ2) is 7.80. The molecule has 0 bridgehead atoms. The largest absolute Gasteiger partial charge is 0.349 e. The van der Waals surface area contributed by atoms with Crippen LogP contribution in [0.2, 0.25) is 5.02 Å². The normalized spacial score (nSPS) is 11.2. The minimum absolute atomic E-state index is 0.653. The van der Waals surface area contributed by atoms with Crippen molar-refractivity contribution in [2.75, 3.05) is 5.32 Å². The summed E-state index contributed by atoms with van der Waals surface area (Å²) < 4.78 is 4.03. The molecule has 6 nitrogen and oxygen atoms in total. The second-order valence-electron chi connectivity index (χ2n) is 6.47. The van der Waals surface area contributed by atoms with Crippen molar-refractivity contribution in [3.8, 4) is 0 Å². The summed E-state index contributed by atoms with van der Waals surface area (Å²) in [6.45, 7) is 4.28. The van der Waals surface area contributed by atoms with E-state index in [4.69, 9.17) is 11.6 Å². The highest BCUT2D eigenvalue weighted by Gasteiger charge is 2.11. The Bertz CT molecular complexity index is 1050. The van der Waals surface area contributed by atoms with Crippen LogP contribution in [0, 0.1) is 0 Å². The average Bonchev–Trinajstić information content (AvgIpc) is 3.27. The van der Waals surface area contributed by atoms with Gasteiger partial charge in [0, 0.05) is 41.8 Å². The number of aromatic nitrogens is 5. The number of anilines is 1. The number of para-hydroxylation sites is 1. The van der Waals surface area contributed by atoms with E-state index in [0.717, 1.165) is 30.1 Å². The van der Waals surface area contributed by atoms with E-state index in [0.29, 0.717) is 12.5 Å². The van der Waals surface area contributed by atoms with Gasteiger partial charge in [-0.25, -0.2) is 4.68 Å². The molecule has 4 aromatic rings. The first kappa shape index (κ1) is 17.5. The molecule has 0 atom stereocenters. The highest BCUT2D eigenvalue weighted by Crippen LogP contribution is 2.25. The van der Waals surface area contributed by atoms with Crippen LogP contribution < -0.4 is 5.32 Å². The van der Waals surface area contributed by atoms with Crippen LogP contribution in [-0.2, 0) is 19.6 Å². The molecule has 2 aromatic heterocycles. The molecule has 0 aliphatic carbocycles. The fourth-order valence-electron chi connectivity index (χ4n) is 3.27. The van der Waals surface area contributed by atoms with Gasteiger partial charge in [0.05, 0.1) is 0 Å². The first-order valence-corrected chi connectivity index (χ1v) is 9.44. The minimum atomic E-state index is 0.653. The van der Waals surface area contributed by atoms with Crippen molar-refractivity contribution in [2.45, 2.75) is 33.0 Å². The molecular weight excluding hydrogens is 360 g/mol. The Morgan fingerprint density at radius 1 is 1.04 bits per heavy atom. The molecule has 0 radical (unpaired) electrons. The maximum Gasteiger partial charge on any atom is 0.243 e. The lowest BCUT2D eigenvalue weighted by atomic mass is 10.2. The third-order valence-electron chi connectivity index (χ3n) is 4.57. The van der Waals surface area contributed by atoms with Crippen molar-refractivity contribution in [1.82, 2.24) is 24.8 Å². The Hall–Kier alpha value is -2.86. The van der Waals surface area contributed by atoms with E-state index in [1.807, 2.05) is 18.2 Å². The summed E-state index contributed by atoms with van der Waals surface area (Å²) in [5.41, 5.74) is 3.48. The lowest BCUT2D eigenvalue weighted by Crippen LogP contribution is -2.08. The molecule has 0 saturated heterocycles. The third-order valence-corrected chi connectivity index (χ3v) is 4.94. The molecule has 27 heavy (non-hydrogen) atoms. The number of tetrazole rings is 1. The number of hydrogen-bond acceptors (Lipinski definition) is 4. The molecule has 1 N–H and O–H groups in total. The Morgan fingerprint density at radius 3 is 2.70 bits per heavy atom. The quantitative estimate of drug-likeness (QED) is 0.517. The smallest absolute Gasteiger partial charge is 0.243 e. The fraction of sp³-hybridized carbons (Fsp3) is 0.250. The van der Waals surface area contributed by atoms with Gasteiger partial charge in [-0.05, 0) is 40.1 Å². The topological polar surface area (TPSA) is 60.6 Å². The van der Waals surface area contributed by atoms with Crippen molar-refractivity contribution >= 4 is 28.5 Å². The summed E-state index contributed by atoms with van der Waals surface area (Å²) in [6, 6.07) is 16.4. The van der Waals surface area contributed by atoms with Crippen LogP contribution in [0.25, 0.3) is 10.9 Å². The predicted octanol–water partition coefficient (Wildman–Crippen LogP) is 4.35. The van der Waals surface area contributed by atoms with E-state index < -0.39 is 0 Å². The van der Waals surface area contributed by atoms with E-state index in [-0.39, 0.29) is 0 Å². The van der Waals surface area contributed by atoms with E-state index >= 15 is 0 Å². The Labute approximate surface area is 162 Å². The van der Waals surface area contributed by atoms with Gasteiger partial charge in [-0.3, -0.25) is 0 Å². The molecule has 0 spiro atoms. The van der Waals surface area contributed by atoms with Crippen LogP contribution in [0.3, 0.4) is 0 Å². The van der Waals surface area contributed by atoms with Crippen LogP contribution in [0.15, 0.2) is 54.7 Å². The Kier molecular flexibility index (Phi) is 5.07. The van der Waals surface area contributed by atoms with Crippen LogP contribution in [0.1, 0.15) is 24.5 Å². The van der Waals surface area contributed by atoms with Crippen molar-refractivity contribution in [2.24, 2.45) is 0 Å². The SMILES string of the molecule is CCCn1nnnc1NCc1cn(Cc2ccccc2Cl)c2ccccc12.